The van der Waals surface area contributed by atoms with Crippen LogP contribution in [0, 0.1) is 5.92 Å². The summed E-state index contributed by atoms with van der Waals surface area (Å²) in [5.74, 6) is 0.714. The van der Waals surface area contributed by atoms with E-state index in [-0.39, 0.29) is 17.9 Å². The van der Waals surface area contributed by atoms with Gasteiger partial charge in [0.25, 0.3) is 0 Å². The number of benzene rings is 1. The second kappa shape index (κ2) is 6.05. The van der Waals surface area contributed by atoms with Crippen LogP contribution in [0.5, 0.6) is 0 Å². The number of nitrogens with zero attached hydrogens (tertiary/aromatic N) is 2. The molecule has 0 fully saturated rings. The highest BCUT2D eigenvalue weighted by molar-refractivity contribution is 6.30. The Labute approximate surface area is 122 Å². The molecule has 1 amide bonds. The number of hydrogen-bond acceptors (Lipinski definition) is 4. The summed E-state index contributed by atoms with van der Waals surface area (Å²) in [6, 6.07) is 6.83. The molecule has 20 heavy (non-hydrogen) atoms. The zero-order valence-corrected chi connectivity index (χ0v) is 12.3. The fourth-order valence-corrected chi connectivity index (χ4v) is 1.70. The zero-order chi connectivity index (χ0) is 14.7. The minimum absolute atomic E-state index is 0.0521. The van der Waals surface area contributed by atoms with Crippen molar-refractivity contribution in [2.45, 2.75) is 26.8 Å². The summed E-state index contributed by atoms with van der Waals surface area (Å²) in [4.78, 5) is 15.9. The molecule has 6 heteroatoms. The predicted octanol–water partition coefficient (Wildman–Crippen LogP) is 3.22. The van der Waals surface area contributed by atoms with Crippen molar-refractivity contribution in [1.82, 2.24) is 15.5 Å². The average Bonchev–Trinajstić information content (AvgIpc) is 2.89. The molecule has 5 nitrogen and oxygen atoms in total. The molecule has 1 atom stereocenters. The van der Waals surface area contributed by atoms with Crippen molar-refractivity contribution < 1.29 is 9.32 Å². The van der Waals surface area contributed by atoms with Crippen LogP contribution in [0.4, 0.5) is 0 Å². The number of rotatable bonds is 4. The maximum Gasteiger partial charge on any atom is 0.249 e. The number of hydrogen-bond donors (Lipinski definition) is 1. The summed E-state index contributed by atoms with van der Waals surface area (Å²) in [5, 5.41) is 7.37. The van der Waals surface area contributed by atoms with Gasteiger partial charge in [0.15, 0.2) is 0 Å². The van der Waals surface area contributed by atoms with Crippen molar-refractivity contribution in [3.63, 3.8) is 0 Å². The van der Waals surface area contributed by atoms with Crippen LogP contribution in [0.15, 0.2) is 28.8 Å². The van der Waals surface area contributed by atoms with Crippen molar-refractivity contribution in [3.8, 4) is 11.4 Å². The van der Waals surface area contributed by atoms with Crippen molar-refractivity contribution in [1.29, 1.82) is 0 Å². The van der Waals surface area contributed by atoms with E-state index >= 15 is 0 Å². The molecule has 0 spiro atoms. The number of aromatic nitrogens is 2. The van der Waals surface area contributed by atoms with Gasteiger partial charge in [0, 0.05) is 16.5 Å². The van der Waals surface area contributed by atoms with Crippen LogP contribution in [0.25, 0.3) is 11.4 Å². The maximum absolute atomic E-state index is 11.6. The van der Waals surface area contributed by atoms with Gasteiger partial charge in [-0.25, -0.2) is 0 Å². The second-order valence-corrected chi connectivity index (χ2v) is 5.28. The lowest BCUT2D eigenvalue weighted by Gasteiger charge is -2.11. The van der Waals surface area contributed by atoms with Crippen LogP contribution in [0.1, 0.15) is 32.7 Å². The Hall–Kier alpha value is -1.88. The summed E-state index contributed by atoms with van der Waals surface area (Å²) in [6.45, 7) is 5.46. The molecule has 0 bridgehead atoms. The smallest absolute Gasteiger partial charge is 0.249 e. The van der Waals surface area contributed by atoms with E-state index in [1.54, 1.807) is 19.1 Å². The topological polar surface area (TPSA) is 68.0 Å². The monoisotopic (exact) mass is 293 g/mol. The van der Waals surface area contributed by atoms with E-state index in [9.17, 15) is 4.79 Å². The number of carbonyl (C=O) groups is 1. The first-order chi connectivity index (χ1) is 9.47. The Morgan fingerprint density at radius 2 is 1.90 bits per heavy atom. The van der Waals surface area contributed by atoms with E-state index in [4.69, 9.17) is 16.1 Å². The minimum atomic E-state index is -0.321. The van der Waals surface area contributed by atoms with E-state index in [1.165, 1.54) is 0 Å². The van der Waals surface area contributed by atoms with Crippen LogP contribution in [-0.4, -0.2) is 16.0 Å². The summed E-state index contributed by atoms with van der Waals surface area (Å²) in [7, 11) is 0. The highest BCUT2D eigenvalue weighted by Crippen LogP contribution is 2.20. The lowest BCUT2D eigenvalue weighted by molar-refractivity contribution is -0.124. The lowest BCUT2D eigenvalue weighted by Crippen LogP contribution is -2.30. The first-order valence-electron chi connectivity index (χ1n) is 6.37. The molecule has 1 aromatic carbocycles. The normalized spacial score (nSPS) is 12.4. The Morgan fingerprint density at radius 3 is 2.50 bits per heavy atom. The number of halogens is 1. The third-order valence-electron chi connectivity index (χ3n) is 2.80. The molecular weight excluding hydrogens is 278 g/mol. The molecule has 0 aliphatic rings. The predicted molar refractivity (Wildman–Crippen MR) is 76.1 cm³/mol. The van der Waals surface area contributed by atoms with Gasteiger partial charge >= 0.3 is 0 Å². The molecule has 0 saturated heterocycles. The number of carbonyl (C=O) groups excluding carboxylic acids is 1. The molecular formula is C14H16ClN3O2. The molecule has 1 N–H and O–H groups in total. The van der Waals surface area contributed by atoms with Crippen LogP contribution in [0.3, 0.4) is 0 Å². The van der Waals surface area contributed by atoms with Crippen LogP contribution in [0.2, 0.25) is 5.02 Å². The van der Waals surface area contributed by atoms with Gasteiger partial charge in [-0.1, -0.05) is 30.6 Å². The first kappa shape index (κ1) is 14.5. The largest absolute Gasteiger partial charge is 0.344 e. The molecule has 1 aromatic heterocycles. The number of amides is 1. The molecule has 1 heterocycles. The van der Waals surface area contributed by atoms with Gasteiger partial charge in [-0.05, 0) is 31.2 Å². The van der Waals surface area contributed by atoms with Crippen molar-refractivity contribution >= 4 is 17.5 Å². The van der Waals surface area contributed by atoms with Gasteiger partial charge in [0.05, 0.1) is 0 Å². The molecule has 2 aromatic rings. The quantitative estimate of drug-likeness (QED) is 0.940. The zero-order valence-electron chi connectivity index (χ0n) is 11.6. The van der Waals surface area contributed by atoms with Gasteiger partial charge in [-0.15, -0.1) is 0 Å². The molecule has 0 saturated carbocycles. The average molecular weight is 294 g/mol. The molecule has 0 aliphatic heterocycles. The summed E-state index contributed by atoms with van der Waals surface area (Å²) >= 11 is 5.83. The van der Waals surface area contributed by atoms with Crippen LogP contribution >= 0.6 is 11.6 Å². The minimum Gasteiger partial charge on any atom is -0.344 e. The first-order valence-corrected chi connectivity index (χ1v) is 6.75. The summed E-state index contributed by atoms with van der Waals surface area (Å²) in [6.07, 6.45) is 0. The Bertz CT molecular complexity index is 593. The standard InChI is InChI=1S/C14H16ClN3O2/c1-8(2)13(19)16-9(3)14-17-12(18-20-14)10-4-6-11(15)7-5-10/h4-9H,1-3H3,(H,16,19)/t9-/m1/s1. The summed E-state index contributed by atoms with van der Waals surface area (Å²) in [5.41, 5.74) is 0.812. The fraction of sp³-hybridized carbons (Fsp3) is 0.357. The van der Waals surface area contributed by atoms with Crippen molar-refractivity contribution in [2.75, 3.05) is 0 Å². The fourth-order valence-electron chi connectivity index (χ4n) is 1.57. The van der Waals surface area contributed by atoms with Gasteiger partial charge in [0.1, 0.15) is 6.04 Å². The maximum atomic E-state index is 11.6. The third kappa shape index (κ3) is 3.36. The van der Waals surface area contributed by atoms with Gasteiger partial charge < -0.3 is 9.84 Å². The number of nitrogens with one attached hydrogen (secondary N) is 1. The van der Waals surface area contributed by atoms with Crippen molar-refractivity contribution in [3.05, 3.63) is 35.2 Å². The molecule has 2 rings (SSSR count). The van der Waals surface area contributed by atoms with E-state index in [2.05, 4.69) is 15.5 Å². The third-order valence-corrected chi connectivity index (χ3v) is 3.05. The molecule has 106 valence electrons. The van der Waals surface area contributed by atoms with Crippen LogP contribution in [-0.2, 0) is 4.79 Å². The van der Waals surface area contributed by atoms with Gasteiger partial charge in [-0.2, -0.15) is 4.98 Å². The molecule has 0 unspecified atom stereocenters. The summed E-state index contributed by atoms with van der Waals surface area (Å²) < 4.78 is 5.18. The van der Waals surface area contributed by atoms with Gasteiger partial charge in [-0.3, -0.25) is 4.79 Å². The Kier molecular flexibility index (Phi) is 4.39. The lowest BCUT2D eigenvalue weighted by atomic mass is 10.2. The van der Waals surface area contributed by atoms with E-state index in [0.717, 1.165) is 5.56 Å². The highest BCUT2D eigenvalue weighted by atomic mass is 35.5. The Morgan fingerprint density at radius 1 is 1.25 bits per heavy atom. The van der Waals surface area contributed by atoms with E-state index in [1.807, 2.05) is 26.0 Å². The molecule has 0 aliphatic carbocycles. The SMILES string of the molecule is CC(C)C(=O)N[C@H](C)c1nc(-c2ccc(Cl)cc2)no1. The second-order valence-electron chi connectivity index (χ2n) is 4.85. The molecule has 0 radical (unpaired) electrons. The van der Waals surface area contributed by atoms with Crippen LogP contribution < -0.4 is 5.32 Å². The van der Waals surface area contributed by atoms with Gasteiger partial charge in [0.2, 0.25) is 17.6 Å². The van der Waals surface area contributed by atoms with Crippen molar-refractivity contribution in [2.24, 2.45) is 5.92 Å². The highest BCUT2D eigenvalue weighted by Gasteiger charge is 2.18. The van der Waals surface area contributed by atoms with E-state index in [0.29, 0.717) is 16.7 Å². The van der Waals surface area contributed by atoms with E-state index < -0.39 is 0 Å². The Balaban J connectivity index is 2.12.